The van der Waals surface area contributed by atoms with Crippen LogP contribution in [0.25, 0.3) is 0 Å². The number of nitrogens with zero attached hydrogens (tertiary/aromatic N) is 1. The molecular weight excluding hydrogens is 354 g/mol. The van der Waals surface area contributed by atoms with Gasteiger partial charge in [0.1, 0.15) is 6.04 Å². The first-order valence-electron chi connectivity index (χ1n) is 8.82. The zero-order valence-corrected chi connectivity index (χ0v) is 15.1. The second kappa shape index (κ2) is 8.61. The van der Waals surface area contributed by atoms with Gasteiger partial charge >= 0.3 is 5.97 Å². The van der Waals surface area contributed by atoms with Crippen LogP contribution in [0, 0.1) is 15.5 Å². The molecule has 9 heteroatoms. The monoisotopic (exact) mass is 377 g/mol. The molecule has 0 heterocycles. The number of rotatable bonds is 7. The molecule has 1 atom stereocenters. The molecular formula is C18H23N3O6. The van der Waals surface area contributed by atoms with Gasteiger partial charge in [-0.3, -0.25) is 24.5 Å². The van der Waals surface area contributed by atoms with Crippen LogP contribution in [0.15, 0.2) is 24.3 Å². The first-order valence-corrected chi connectivity index (χ1v) is 8.82. The van der Waals surface area contributed by atoms with Gasteiger partial charge in [-0.15, -0.1) is 0 Å². The molecule has 0 spiro atoms. The largest absolute Gasteiger partial charge is 0.481 e. The van der Waals surface area contributed by atoms with E-state index >= 15 is 0 Å². The van der Waals surface area contributed by atoms with Crippen LogP contribution in [0.2, 0.25) is 0 Å². The van der Waals surface area contributed by atoms with Crippen LogP contribution >= 0.6 is 0 Å². The predicted molar refractivity (Wildman–Crippen MR) is 96.2 cm³/mol. The fraction of sp³-hybridized carbons (Fsp3) is 0.500. The Morgan fingerprint density at radius 2 is 1.93 bits per heavy atom. The van der Waals surface area contributed by atoms with E-state index in [1.54, 1.807) is 0 Å². The maximum atomic E-state index is 12.3. The van der Waals surface area contributed by atoms with Crippen molar-refractivity contribution in [2.24, 2.45) is 5.41 Å². The molecule has 1 aromatic rings. The molecule has 9 nitrogen and oxygen atoms in total. The number of nitro benzene ring substituents is 1. The Kier molecular flexibility index (Phi) is 6.49. The summed E-state index contributed by atoms with van der Waals surface area (Å²) in [5, 5.41) is 25.4. The molecule has 0 aromatic heterocycles. The molecule has 2 amide bonds. The van der Waals surface area contributed by atoms with Crippen LogP contribution in [0.4, 0.5) is 5.69 Å². The predicted octanol–water partition coefficient (Wildman–Crippen LogP) is 1.86. The normalized spacial score (nSPS) is 16.8. The average Bonchev–Trinajstić information content (AvgIpc) is 2.66. The van der Waals surface area contributed by atoms with Crippen LogP contribution in [0.1, 0.15) is 49.4 Å². The summed E-state index contributed by atoms with van der Waals surface area (Å²) < 4.78 is 0. The number of hydrogen-bond acceptors (Lipinski definition) is 5. The number of nitro groups is 1. The highest BCUT2D eigenvalue weighted by atomic mass is 16.6. The number of nitrogens with one attached hydrogen (secondary N) is 2. The Morgan fingerprint density at radius 1 is 1.26 bits per heavy atom. The highest BCUT2D eigenvalue weighted by molar-refractivity contribution is 5.97. The molecule has 146 valence electrons. The van der Waals surface area contributed by atoms with Gasteiger partial charge < -0.3 is 15.7 Å². The second-order valence-corrected chi connectivity index (χ2v) is 6.87. The van der Waals surface area contributed by atoms with E-state index in [-0.39, 0.29) is 17.8 Å². The highest BCUT2D eigenvalue weighted by Gasteiger charge is 2.40. The lowest BCUT2D eigenvalue weighted by atomic mass is 9.74. The van der Waals surface area contributed by atoms with Crippen molar-refractivity contribution < 1.29 is 24.4 Å². The zero-order chi connectivity index (χ0) is 20.0. The highest BCUT2D eigenvalue weighted by Crippen LogP contribution is 2.36. The molecule has 1 aromatic carbocycles. The molecule has 1 unspecified atom stereocenters. The average molecular weight is 377 g/mol. The number of benzene rings is 1. The lowest BCUT2D eigenvalue weighted by Crippen LogP contribution is -2.50. The van der Waals surface area contributed by atoms with Crippen LogP contribution < -0.4 is 10.6 Å². The Labute approximate surface area is 156 Å². The summed E-state index contributed by atoms with van der Waals surface area (Å²) in [6.07, 6.45) is 3.62. The molecule has 1 fully saturated rings. The van der Waals surface area contributed by atoms with Crippen molar-refractivity contribution in [3.8, 4) is 0 Å². The molecule has 0 radical (unpaired) electrons. The molecule has 1 saturated carbocycles. The summed E-state index contributed by atoms with van der Waals surface area (Å²) in [5.41, 5.74) is -1.11. The third kappa shape index (κ3) is 5.02. The summed E-state index contributed by atoms with van der Waals surface area (Å²) in [6, 6.07) is 4.28. The number of carbonyl (C=O) groups is 3. The minimum absolute atomic E-state index is 0.0121. The fourth-order valence-electron chi connectivity index (χ4n) is 3.21. The number of amides is 2. The Morgan fingerprint density at radius 3 is 2.52 bits per heavy atom. The lowest BCUT2D eigenvalue weighted by molar-refractivity contribution is -0.384. The zero-order valence-electron chi connectivity index (χ0n) is 15.1. The van der Waals surface area contributed by atoms with E-state index in [4.69, 9.17) is 0 Å². The molecule has 1 aliphatic carbocycles. The van der Waals surface area contributed by atoms with Gasteiger partial charge in [-0.2, -0.15) is 0 Å². The standard InChI is InChI=1S/C18H23N3O6/c1-12(20-16(23)13-6-5-7-14(10-13)21(26)27)15(22)19-11-18(17(24)25)8-3-2-4-9-18/h5-7,10,12H,2-4,8-9,11H2,1H3,(H,19,22)(H,20,23)(H,24,25). The van der Waals surface area contributed by atoms with E-state index in [2.05, 4.69) is 10.6 Å². The number of non-ortho nitro benzene ring substituents is 1. The van der Waals surface area contributed by atoms with Crippen LogP contribution in [-0.4, -0.2) is 40.4 Å². The summed E-state index contributed by atoms with van der Waals surface area (Å²) in [6.45, 7) is 1.48. The van der Waals surface area contributed by atoms with Gasteiger partial charge in [0.25, 0.3) is 11.6 Å². The summed E-state index contributed by atoms with van der Waals surface area (Å²) >= 11 is 0. The van der Waals surface area contributed by atoms with Gasteiger partial charge in [0.15, 0.2) is 0 Å². The van der Waals surface area contributed by atoms with Crippen molar-refractivity contribution in [3.05, 3.63) is 39.9 Å². The number of carbonyl (C=O) groups excluding carboxylic acids is 2. The number of carboxylic acid groups (broad SMARTS) is 1. The van der Waals surface area contributed by atoms with Crippen molar-refractivity contribution in [2.45, 2.75) is 45.1 Å². The van der Waals surface area contributed by atoms with Gasteiger partial charge in [-0.1, -0.05) is 25.3 Å². The molecule has 1 aliphatic rings. The summed E-state index contributed by atoms with van der Waals surface area (Å²) in [7, 11) is 0. The summed E-state index contributed by atoms with van der Waals surface area (Å²) in [4.78, 5) is 46.3. The SMILES string of the molecule is CC(NC(=O)c1cccc([N+](=O)[O-])c1)C(=O)NCC1(C(=O)O)CCCCC1. The lowest BCUT2D eigenvalue weighted by Gasteiger charge is -2.33. The van der Waals surface area contributed by atoms with Crippen LogP contribution in [0.5, 0.6) is 0 Å². The quantitative estimate of drug-likeness (QED) is 0.490. The maximum absolute atomic E-state index is 12.3. The van der Waals surface area contributed by atoms with Gasteiger partial charge in [-0.25, -0.2) is 0 Å². The summed E-state index contributed by atoms with van der Waals surface area (Å²) in [5.74, 6) is -2.04. The van der Waals surface area contributed by atoms with E-state index in [9.17, 15) is 29.6 Å². The van der Waals surface area contributed by atoms with Crippen molar-refractivity contribution in [1.82, 2.24) is 10.6 Å². The van der Waals surface area contributed by atoms with Crippen molar-refractivity contribution >= 4 is 23.5 Å². The van der Waals surface area contributed by atoms with E-state index in [0.717, 1.165) is 25.3 Å². The van der Waals surface area contributed by atoms with Crippen molar-refractivity contribution in [2.75, 3.05) is 6.54 Å². The third-order valence-corrected chi connectivity index (χ3v) is 4.93. The maximum Gasteiger partial charge on any atom is 0.311 e. The topological polar surface area (TPSA) is 139 Å². The molecule has 0 bridgehead atoms. The number of aliphatic carboxylic acids is 1. The Bertz CT molecular complexity index is 742. The molecule has 0 saturated heterocycles. The van der Waals surface area contributed by atoms with Crippen molar-refractivity contribution in [3.63, 3.8) is 0 Å². The van der Waals surface area contributed by atoms with Gasteiger partial charge in [0, 0.05) is 24.2 Å². The number of carboxylic acids is 1. The second-order valence-electron chi connectivity index (χ2n) is 6.87. The fourth-order valence-corrected chi connectivity index (χ4v) is 3.21. The van der Waals surface area contributed by atoms with Crippen molar-refractivity contribution in [1.29, 1.82) is 0 Å². The minimum Gasteiger partial charge on any atom is -0.481 e. The Hall–Kier alpha value is -2.97. The van der Waals surface area contributed by atoms with E-state index in [0.29, 0.717) is 12.8 Å². The van der Waals surface area contributed by atoms with E-state index in [1.165, 1.54) is 25.1 Å². The molecule has 0 aliphatic heterocycles. The van der Waals surface area contributed by atoms with Gasteiger partial charge in [0.2, 0.25) is 5.91 Å². The van der Waals surface area contributed by atoms with Gasteiger partial charge in [-0.05, 0) is 25.8 Å². The molecule has 2 rings (SSSR count). The minimum atomic E-state index is -0.961. The molecule has 27 heavy (non-hydrogen) atoms. The van der Waals surface area contributed by atoms with E-state index in [1.807, 2.05) is 0 Å². The van der Waals surface area contributed by atoms with Crippen LogP contribution in [0.3, 0.4) is 0 Å². The van der Waals surface area contributed by atoms with E-state index < -0.39 is 34.2 Å². The third-order valence-electron chi connectivity index (χ3n) is 4.93. The first-order chi connectivity index (χ1) is 12.7. The number of hydrogen-bond donors (Lipinski definition) is 3. The van der Waals surface area contributed by atoms with Crippen LogP contribution in [-0.2, 0) is 9.59 Å². The Balaban J connectivity index is 1.95. The van der Waals surface area contributed by atoms with Gasteiger partial charge in [0.05, 0.1) is 10.3 Å². The first kappa shape index (κ1) is 20.3. The molecule has 3 N–H and O–H groups in total. The smallest absolute Gasteiger partial charge is 0.311 e.